The maximum absolute atomic E-state index is 13.4. The van der Waals surface area contributed by atoms with Gasteiger partial charge < -0.3 is 14.9 Å². The maximum atomic E-state index is 13.4. The summed E-state index contributed by atoms with van der Waals surface area (Å²) in [5.41, 5.74) is -2.29. The first-order valence-corrected chi connectivity index (χ1v) is 9.52. The lowest BCUT2D eigenvalue weighted by molar-refractivity contribution is -0.243. The fourth-order valence-electron chi connectivity index (χ4n) is 3.55. The van der Waals surface area contributed by atoms with E-state index in [0.29, 0.717) is 12.5 Å². The molecule has 1 spiro atoms. The molecule has 0 bridgehead atoms. The average Bonchev–Trinajstić information content (AvgIpc) is 2.55. The van der Waals surface area contributed by atoms with E-state index in [1.807, 2.05) is 0 Å². The minimum absolute atomic E-state index is 0.0501. The quantitative estimate of drug-likeness (QED) is 0.804. The molecular formula is C16H21F2NO5S. The number of aliphatic hydroxyl groups is 2. The largest absolute Gasteiger partial charge is 0.387 e. The number of hydrogen-bond donors (Lipinski definition) is 2. The Labute approximate surface area is 145 Å². The van der Waals surface area contributed by atoms with E-state index in [2.05, 4.69) is 0 Å². The molecule has 25 heavy (non-hydrogen) atoms. The van der Waals surface area contributed by atoms with Crippen molar-refractivity contribution in [2.75, 3.05) is 19.7 Å². The Kier molecular flexibility index (Phi) is 4.66. The van der Waals surface area contributed by atoms with Crippen LogP contribution in [0, 0.1) is 11.6 Å². The standard InChI is InChI=1S/C16H21F2NO5S/c1-15(21)6-9-24-16(14(15)20)4-7-19(8-5-16)25(22,23)11-2-3-12(17)13(18)10-11/h2-3,10,14,20-21H,4-9H2,1H3/t14-,15+/m0/s1. The minimum Gasteiger partial charge on any atom is -0.387 e. The van der Waals surface area contributed by atoms with Crippen molar-refractivity contribution in [3.8, 4) is 0 Å². The minimum atomic E-state index is -3.98. The summed E-state index contributed by atoms with van der Waals surface area (Å²) in [6.07, 6.45) is -0.422. The van der Waals surface area contributed by atoms with E-state index >= 15 is 0 Å². The van der Waals surface area contributed by atoms with E-state index < -0.39 is 39.0 Å². The number of benzene rings is 1. The van der Waals surface area contributed by atoms with Crippen molar-refractivity contribution in [1.29, 1.82) is 0 Å². The zero-order chi connectivity index (χ0) is 18.5. The smallest absolute Gasteiger partial charge is 0.243 e. The Bertz CT molecular complexity index is 760. The predicted molar refractivity (Wildman–Crippen MR) is 84.3 cm³/mol. The second-order valence-electron chi connectivity index (χ2n) is 6.90. The van der Waals surface area contributed by atoms with E-state index in [9.17, 15) is 27.4 Å². The van der Waals surface area contributed by atoms with Gasteiger partial charge in [0.15, 0.2) is 11.6 Å². The molecule has 0 unspecified atom stereocenters. The SMILES string of the molecule is C[C@@]1(O)CCOC2(CCN(S(=O)(=O)c3ccc(F)c(F)c3)CC2)[C@H]1O. The summed E-state index contributed by atoms with van der Waals surface area (Å²) >= 11 is 0. The van der Waals surface area contributed by atoms with E-state index in [-0.39, 0.29) is 37.4 Å². The fraction of sp³-hybridized carbons (Fsp3) is 0.625. The predicted octanol–water partition coefficient (Wildman–Crippen LogP) is 1.02. The van der Waals surface area contributed by atoms with Gasteiger partial charge in [0.05, 0.1) is 22.7 Å². The van der Waals surface area contributed by atoms with Crippen LogP contribution in [-0.2, 0) is 14.8 Å². The van der Waals surface area contributed by atoms with Crippen LogP contribution < -0.4 is 0 Å². The molecule has 1 aromatic rings. The summed E-state index contributed by atoms with van der Waals surface area (Å²) < 4.78 is 58.5. The van der Waals surface area contributed by atoms with Gasteiger partial charge in [-0.05, 0) is 38.0 Å². The lowest BCUT2D eigenvalue weighted by Gasteiger charge is -2.51. The molecule has 1 aromatic carbocycles. The van der Waals surface area contributed by atoms with Crippen molar-refractivity contribution < 1.29 is 32.1 Å². The highest BCUT2D eigenvalue weighted by Gasteiger charge is 2.53. The second kappa shape index (κ2) is 6.24. The molecule has 2 heterocycles. The van der Waals surface area contributed by atoms with Crippen molar-refractivity contribution in [2.45, 2.75) is 48.4 Å². The maximum Gasteiger partial charge on any atom is 0.243 e. The van der Waals surface area contributed by atoms with Crippen LogP contribution >= 0.6 is 0 Å². The second-order valence-corrected chi connectivity index (χ2v) is 8.84. The van der Waals surface area contributed by atoms with Gasteiger partial charge in [-0.3, -0.25) is 0 Å². The first kappa shape index (κ1) is 18.7. The van der Waals surface area contributed by atoms with Gasteiger partial charge in [0.25, 0.3) is 0 Å². The van der Waals surface area contributed by atoms with Crippen molar-refractivity contribution in [3.05, 3.63) is 29.8 Å². The number of halogens is 2. The van der Waals surface area contributed by atoms with E-state index in [1.165, 1.54) is 6.92 Å². The van der Waals surface area contributed by atoms with E-state index in [4.69, 9.17) is 4.74 Å². The van der Waals surface area contributed by atoms with Crippen LogP contribution in [0.5, 0.6) is 0 Å². The molecule has 2 aliphatic heterocycles. The fourth-order valence-corrected chi connectivity index (χ4v) is 5.01. The summed E-state index contributed by atoms with van der Waals surface area (Å²) in [4.78, 5) is -0.320. The molecule has 3 rings (SSSR count). The van der Waals surface area contributed by atoms with Crippen molar-refractivity contribution >= 4 is 10.0 Å². The van der Waals surface area contributed by atoms with Crippen LogP contribution in [-0.4, -0.2) is 59.9 Å². The van der Waals surface area contributed by atoms with Crippen LogP contribution in [0.2, 0.25) is 0 Å². The molecule has 0 saturated carbocycles. The highest BCUT2D eigenvalue weighted by Crippen LogP contribution is 2.40. The number of piperidine rings is 1. The van der Waals surface area contributed by atoms with E-state index in [0.717, 1.165) is 16.4 Å². The highest BCUT2D eigenvalue weighted by molar-refractivity contribution is 7.89. The first-order valence-electron chi connectivity index (χ1n) is 8.08. The molecule has 0 aromatic heterocycles. The van der Waals surface area contributed by atoms with Crippen molar-refractivity contribution in [2.24, 2.45) is 0 Å². The van der Waals surface area contributed by atoms with Gasteiger partial charge >= 0.3 is 0 Å². The van der Waals surface area contributed by atoms with Crippen LogP contribution in [0.25, 0.3) is 0 Å². The average molecular weight is 377 g/mol. The van der Waals surface area contributed by atoms with Gasteiger partial charge in [0, 0.05) is 19.5 Å². The normalized spacial score (nSPS) is 30.5. The molecule has 2 fully saturated rings. The Morgan fingerprint density at radius 3 is 2.44 bits per heavy atom. The summed E-state index contributed by atoms with van der Waals surface area (Å²) in [5, 5.41) is 20.7. The molecule has 2 atom stereocenters. The molecule has 0 amide bonds. The third-order valence-electron chi connectivity index (χ3n) is 5.18. The Balaban J connectivity index is 1.78. The number of rotatable bonds is 2. The number of hydrogen-bond acceptors (Lipinski definition) is 5. The number of sulfonamides is 1. The van der Waals surface area contributed by atoms with Gasteiger partial charge in [-0.1, -0.05) is 0 Å². The van der Waals surface area contributed by atoms with Gasteiger partial charge in [0.1, 0.15) is 6.10 Å². The molecule has 0 aliphatic carbocycles. The lowest BCUT2D eigenvalue weighted by Crippen LogP contribution is -2.64. The summed E-state index contributed by atoms with van der Waals surface area (Å²) in [6.45, 7) is 1.91. The highest BCUT2D eigenvalue weighted by atomic mass is 32.2. The zero-order valence-electron chi connectivity index (χ0n) is 13.8. The molecule has 2 N–H and O–H groups in total. The topological polar surface area (TPSA) is 87.1 Å². The monoisotopic (exact) mass is 377 g/mol. The Hall–Kier alpha value is -1.13. The van der Waals surface area contributed by atoms with Gasteiger partial charge in [-0.2, -0.15) is 4.31 Å². The first-order chi connectivity index (χ1) is 11.6. The van der Waals surface area contributed by atoms with E-state index in [1.54, 1.807) is 0 Å². The Morgan fingerprint density at radius 2 is 1.84 bits per heavy atom. The number of nitrogens with zero attached hydrogens (tertiary/aromatic N) is 1. The van der Waals surface area contributed by atoms with Crippen LogP contribution in [0.15, 0.2) is 23.1 Å². The van der Waals surface area contributed by atoms with Gasteiger partial charge in [0.2, 0.25) is 10.0 Å². The molecule has 140 valence electrons. The van der Waals surface area contributed by atoms with Gasteiger partial charge in [-0.25, -0.2) is 17.2 Å². The molecule has 2 aliphatic rings. The number of ether oxygens (including phenoxy) is 1. The van der Waals surface area contributed by atoms with Crippen LogP contribution in [0.3, 0.4) is 0 Å². The molecule has 9 heteroatoms. The van der Waals surface area contributed by atoms with Crippen molar-refractivity contribution in [3.63, 3.8) is 0 Å². The lowest BCUT2D eigenvalue weighted by atomic mass is 9.75. The number of aliphatic hydroxyl groups excluding tert-OH is 1. The van der Waals surface area contributed by atoms with Gasteiger partial charge in [-0.15, -0.1) is 0 Å². The summed E-state index contributed by atoms with van der Waals surface area (Å²) in [5.74, 6) is -2.34. The molecule has 0 radical (unpaired) electrons. The molecule has 2 saturated heterocycles. The molecule has 6 nitrogen and oxygen atoms in total. The van der Waals surface area contributed by atoms with Crippen molar-refractivity contribution in [1.82, 2.24) is 4.31 Å². The third-order valence-corrected chi connectivity index (χ3v) is 7.08. The van der Waals surface area contributed by atoms with Crippen LogP contribution in [0.4, 0.5) is 8.78 Å². The van der Waals surface area contributed by atoms with Crippen LogP contribution in [0.1, 0.15) is 26.2 Å². The molecular weight excluding hydrogens is 356 g/mol. The summed E-state index contributed by atoms with van der Waals surface area (Å²) in [6, 6.07) is 2.46. The Morgan fingerprint density at radius 1 is 1.20 bits per heavy atom. The zero-order valence-corrected chi connectivity index (χ0v) is 14.6. The third kappa shape index (κ3) is 3.19. The summed E-state index contributed by atoms with van der Waals surface area (Å²) in [7, 11) is -3.98.